The van der Waals surface area contributed by atoms with E-state index < -0.39 is 312 Å². The lowest BCUT2D eigenvalue weighted by atomic mass is 9.91. The second-order valence-corrected chi connectivity index (χ2v) is 27.4. The second-order valence-electron chi connectivity index (χ2n) is 24.8. The minimum atomic E-state index is -6.29. The van der Waals surface area contributed by atoms with Crippen LogP contribution in [0.3, 0.4) is 0 Å². The third-order valence-corrected chi connectivity index (χ3v) is 19.3. The molecule has 8 rings (SSSR count). The standard InChI is InChI=1S/C50H87N3O45P2/c1-9-20(56)26(62)32(68)46(87-9)93-39-21(57)10(2)86-45(35(39)71)84-6-14-23(59)27(63)31(67)44(89-14)83-7-15-24(60)28(64)33(69)47(90-15)92-38-12(96-100(80,81)98-48-34(70)29(65)30(66)40(94-48)41(72)73)3-50(49(75)76,95-36(38)11(55)4-54)85-8-16-37(97-99(77,78)79)17(51)18(52)43(91-16)82-5-13-22(58)25(61)19(53)42(74)88-13/h9-40,42-48,54-71,74H,3-8,51-53H2,1-2H3,(H,72,73)(H,75,76)(H,80,81)(H2,77,78,79)/t9-,10-,11-,12-,13-,14-,15-,16-,17-,18-,19-,20-,21-,22-,23-,24-,25-,26+,27+,28+,29+,30-,31+,32+,33+,34-,35+,36-,37-,38-,39+,40+,42+,43-,44+,45+,46-,47-,48-,50-/m1/s1. The van der Waals surface area contributed by atoms with Crippen LogP contribution in [-0.4, -0.2) is 412 Å². The summed E-state index contributed by atoms with van der Waals surface area (Å²) < 4.78 is 120. The molecule has 8 saturated heterocycles. The van der Waals surface area contributed by atoms with Crippen molar-refractivity contribution >= 4 is 27.6 Å². The van der Waals surface area contributed by atoms with Crippen molar-refractivity contribution in [1.29, 1.82) is 0 Å². The van der Waals surface area contributed by atoms with Crippen LogP contribution in [-0.2, 0) is 98.6 Å². The average molecular weight is 1510 g/mol. The number of carbonyl (C=O) groups is 2. The highest BCUT2D eigenvalue weighted by molar-refractivity contribution is 7.47. The van der Waals surface area contributed by atoms with Crippen molar-refractivity contribution in [3.05, 3.63) is 0 Å². The molecule has 1 unspecified atom stereocenters. The summed E-state index contributed by atoms with van der Waals surface area (Å²) in [6.07, 6.45) is -77.0. The Morgan fingerprint density at radius 2 is 0.930 bits per heavy atom. The summed E-state index contributed by atoms with van der Waals surface area (Å²) in [5.74, 6) is -7.96. The van der Waals surface area contributed by atoms with Gasteiger partial charge in [0.15, 0.2) is 50.1 Å². The summed E-state index contributed by atoms with van der Waals surface area (Å²) >= 11 is 0. The largest absolute Gasteiger partial charge is 0.479 e. The van der Waals surface area contributed by atoms with Crippen LogP contribution in [0.1, 0.15) is 20.3 Å². The Labute approximate surface area is 562 Å². The highest BCUT2D eigenvalue weighted by atomic mass is 31.2. The number of phosphoric ester groups is 2. The van der Waals surface area contributed by atoms with Crippen molar-refractivity contribution in [3.8, 4) is 0 Å². The molecular weight excluding hydrogens is 1420 g/mol. The molecule has 582 valence electrons. The summed E-state index contributed by atoms with van der Waals surface area (Å²) in [5.41, 5.74) is 18.1. The van der Waals surface area contributed by atoms with Crippen molar-refractivity contribution < 1.29 is 221 Å². The fourth-order valence-corrected chi connectivity index (χ4v) is 13.5. The number of hydrogen-bond donors (Lipinski definition) is 27. The predicted octanol–water partition coefficient (Wildman–Crippen LogP) is -16.3. The molecule has 0 aromatic carbocycles. The molecule has 41 atom stereocenters. The number of hydrogen-bond acceptors (Lipinski definition) is 43. The first-order valence-corrected chi connectivity index (χ1v) is 33.6. The average Bonchev–Trinajstić information content (AvgIpc) is 0.755. The molecule has 0 aromatic heterocycles. The lowest BCUT2D eigenvalue weighted by molar-refractivity contribution is -0.374. The van der Waals surface area contributed by atoms with Crippen LogP contribution in [0.25, 0.3) is 0 Å². The maximum absolute atomic E-state index is 14.2. The number of carboxylic acids is 2. The van der Waals surface area contributed by atoms with E-state index in [-0.39, 0.29) is 0 Å². The zero-order valence-corrected chi connectivity index (χ0v) is 54.0. The van der Waals surface area contributed by atoms with Crippen LogP contribution in [0.2, 0.25) is 0 Å². The number of aliphatic hydroxyl groups is 19. The van der Waals surface area contributed by atoms with Gasteiger partial charge in [-0.25, -0.2) is 18.7 Å². The third-order valence-electron chi connectivity index (χ3n) is 17.8. The van der Waals surface area contributed by atoms with E-state index in [2.05, 4.69) is 0 Å². The summed E-state index contributed by atoms with van der Waals surface area (Å²) in [6, 6.07) is -5.04. The molecule has 48 nitrogen and oxygen atoms in total. The minimum Gasteiger partial charge on any atom is -0.479 e. The number of nitrogens with two attached hydrogens (primary N) is 3. The van der Waals surface area contributed by atoms with Gasteiger partial charge in [0, 0.05) is 6.42 Å². The maximum Gasteiger partial charge on any atom is 0.474 e. The first-order chi connectivity index (χ1) is 46.5. The van der Waals surface area contributed by atoms with Crippen molar-refractivity contribution in [2.75, 3.05) is 33.0 Å². The Morgan fingerprint density at radius 1 is 0.470 bits per heavy atom. The van der Waals surface area contributed by atoms with Gasteiger partial charge < -0.3 is 205 Å². The number of ether oxygens (including phenoxy) is 14. The normalized spacial score (nSPS) is 50.1. The summed E-state index contributed by atoms with van der Waals surface area (Å²) in [5, 5.41) is 225. The lowest BCUT2D eigenvalue weighted by Crippen LogP contribution is -2.68. The molecule has 30 N–H and O–H groups in total. The molecule has 8 aliphatic heterocycles. The van der Waals surface area contributed by atoms with Gasteiger partial charge in [0.2, 0.25) is 0 Å². The van der Waals surface area contributed by atoms with Crippen LogP contribution >= 0.6 is 15.6 Å². The molecule has 0 radical (unpaired) electrons. The number of phosphoric acid groups is 2. The summed E-state index contributed by atoms with van der Waals surface area (Å²) in [4.78, 5) is 56.9. The second kappa shape index (κ2) is 33.9. The number of aliphatic hydroxyl groups excluding tert-OH is 19. The Hall–Kier alpha value is -2.28. The van der Waals surface area contributed by atoms with Crippen molar-refractivity contribution in [2.24, 2.45) is 17.2 Å². The van der Waals surface area contributed by atoms with Gasteiger partial charge in [0.05, 0.1) is 63.4 Å². The first kappa shape index (κ1) is 83.4. The summed E-state index contributed by atoms with van der Waals surface area (Å²) in [6.45, 7) is -3.15. The molecule has 0 bridgehead atoms. The zero-order chi connectivity index (χ0) is 74.4. The number of rotatable bonds is 26. The van der Waals surface area contributed by atoms with E-state index >= 15 is 0 Å². The Kier molecular flexibility index (Phi) is 28.2. The minimum absolute atomic E-state index is 0.839. The van der Waals surface area contributed by atoms with Crippen molar-refractivity contribution in [2.45, 2.75) is 265 Å². The lowest BCUT2D eigenvalue weighted by Gasteiger charge is -2.50. The zero-order valence-electron chi connectivity index (χ0n) is 52.2. The molecule has 8 fully saturated rings. The van der Waals surface area contributed by atoms with Gasteiger partial charge in [-0.2, -0.15) is 0 Å². The molecule has 0 aromatic rings. The molecule has 100 heavy (non-hydrogen) atoms. The molecule has 0 amide bonds. The Morgan fingerprint density at radius 3 is 1.49 bits per heavy atom. The molecule has 0 aliphatic carbocycles. The fourth-order valence-electron chi connectivity index (χ4n) is 11.9. The predicted molar refractivity (Wildman–Crippen MR) is 301 cm³/mol. The van der Waals surface area contributed by atoms with E-state index in [9.17, 15) is 141 Å². The molecule has 0 spiro atoms. The van der Waals surface area contributed by atoms with Crippen molar-refractivity contribution in [1.82, 2.24) is 0 Å². The number of carboxylic acid groups (broad SMARTS) is 2. The topological polar surface area (TPSA) is 789 Å². The van der Waals surface area contributed by atoms with E-state index in [0.29, 0.717) is 0 Å². The quantitative estimate of drug-likeness (QED) is 0.0358. The maximum atomic E-state index is 14.2. The van der Waals surface area contributed by atoms with E-state index in [1.807, 2.05) is 0 Å². The molecule has 8 aliphatic rings. The Balaban J connectivity index is 1.03. The van der Waals surface area contributed by atoms with Crippen LogP contribution in [0, 0.1) is 0 Å². The fraction of sp³-hybridized carbons (Fsp3) is 0.960. The van der Waals surface area contributed by atoms with Crippen LogP contribution in [0.5, 0.6) is 0 Å². The van der Waals surface area contributed by atoms with Gasteiger partial charge in [0.1, 0.15) is 159 Å². The van der Waals surface area contributed by atoms with Crippen molar-refractivity contribution in [3.63, 3.8) is 0 Å². The molecular formula is C50H87N3O45P2. The number of aliphatic carboxylic acids is 2. The SMILES string of the molecule is C[C@H]1O[C@H](O[C@@H]2[C@H](O)[C@@H](OC[C@H]3O[C@H](OC[C@H]4O[C@H](O[C@H]5[C@@H]([C@H](O)CO)O[C@@](OC[C@H]6O[C@@H](OC[C@H]7O[C@H](O)[C@H](N)[C@@H](O)[C@@H]7O)[C@H](N)[C@@H](N)[C@@H]6OP(=O)(O)O)(C(=O)O)C[C@H]5OP(=O)(O)O[C@H]5O[C@H](C(=O)O)[C@H](O)[C@H](O)[C@H]5O)[C@@H](O)[C@@H](O)[C@@H]4O)[C@@H](O)[C@@H](O)[C@@H]3O)O[C@H](C)[C@H]2O)[C@@H](O)[C@@H](O)[C@@H]1O. The molecule has 0 saturated carbocycles. The highest BCUT2D eigenvalue weighted by Crippen LogP contribution is 2.52. The highest BCUT2D eigenvalue weighted by Gasteiger charge is 2.62. The van der Waals surface area contributed by atoms with Gasteiger partial charge in [-0.15, -0.1) is 0 Å². The van der Waals surface area contributed by atoms with Gasteiger partial charge in [-0.3, -0.25) is 13.6 Å². The van der Waals surface area contributed by atoms with Gasteiger partial charge >= 0.3 is 27.6 Å². The van der Waals surface area contributed by atoms with Crippen LogP contribution < -0.4 is 17.2 Å². The Bertz CT molecular complexity index is 2760. The van der Waals surface area contributed by atoms with E-state index in [1.54, 1.807) is 0 Å². The van der Waals surface area contributed by atoms with E-state index in [0.717, 1.165) is 0 Å². The summed E-state index contributed by atoms with van der Waals surface area (Å²) in [7, 11) is -12.0. The van der Waals surface area contributed by atoms with Gasteiger partial charge in [-0.1, -0.05) is 0 Å². The van der Waals surface area contributed by atoms with Crippen LogP contribution in [0.15, 0.2) is 0 Å². The molecule has 50 heteroatoms. The first-order valence-electron chi connectivity index (χ1n) is 30.6. The monoisotopic (exact) mass is 1510 g/mol. The van der Waals surface area contributed by atoms with E-state index in [1.165, 1.54) is 13.8 Å². The van der Waals surface area contributed by atoms with Gasteiger partial charge in [0.25, 0.3) is 5.79 Å². The van der Waals surface area contributed by atoms with E-state index in [4.69, 9.17) is 97.1 Å². The molecule has 8 heterocycles. The van der Waals surface area contributed by atoms with Crippen LogP contribution in [0.4, 0.5) is 0 Å². The smallest absolute Gasteiger partial charge is 0.474 e. The van der Waals surface area contributed by atoms with Gasteiger partial charge in [-0.05, 0) is 13.8 Å². The third kappa shape index (κ3) is 18.5.